The van der Waals surface area contributed by atoms with Crippen LogP contribution in [-0.2, 0) is 19.4 Å². The van der Waals surface area contributed by atoms with Crippen molar-refractivity contribution in [3.8, 4) is 0 Å². The zero-order chi connectivity index (χ0) is 23.6. The monoisotopic (exact) mass is 490 g/mol. The van der Waals surface area contributed by atoms with Gasteiger partial charge in [-0.05, 0) is 80.6 Å². The lowest BCUT2D eigenvalue weighted by Crippen LogP contribution is -2.37. The van der Waals surface area contributed by atoms with Crippen LogP contribution < -0.4 is 4.90 Å². The third-order valence-electron chi connectivity index (χ3n) is 5.91. The van der Waals surface area contributed by atoms with Crippen molar-refractivity contribution >= 4 is 42.4 Å². The number of amides is 1. The van der Waals surface area contributed by atoms with Crippen LogP contribution in [0.4, 0.5) is 9.52 Å². The van der Waals surface area contributed by atoms with Crippen molar-refractivity contribution in [3.63, 3.8) is 0 Å². The van der Waals surface area contributed by atoms with Crippen LogP contribution in [0.5, 0.6) is 0 Å². The van der Waals surface area contributed by atoms with Gasteiger partial charge in [-0.15, -0.1) is 0 Å². The van der Waals surface area contributed by atoms with Gasteiger partial charge in [-0.25, -0.2) is 17.8 Å². The van der Waals surface area contributed by atoms with Gasteiger partial charge in [0.05, 0.1) is 33.5 Å². The SMILES string of the molecule is Cc1cc2nc(N(CC3CCCO3)C(=O)CCCS(=O)(=O)c3ccc(F)cc3)sc2cc1C. The molecule has 1 saturated heterocycles. The summed E-state index contributed by atoms with van der Waals surface area (Å²) in [7, 11) is -3.59. The Balaban J connectivity index is 1.49. The van der Waals surface area contributed by atoms with Crippen molar-refractivity contribution in [2.24, 2.45) is 0 Å². The number of carbonyl (C=O) groups is 1. The number of hydrogen-bond donors (Lipinski definition) is 0. The fourth-order valence-corrected chi connectivity index (χ4v) is 6.25. The smallest absolute Gasteiger partial charge is 0.228 e. The molecule has 0 radical (unpaired) electrons. The molecule has 1 aromatic heterocycles. The molecule has 9 heteroatoms. The molecule has 0 aliphatic carbocycles. The predicted octanol–water partition coefficient (Wildman–Crippen LogP) is 4.82. The first-order valence-corrected chi connectivity index (χ1v) is 13.5. The molecule has 0 N–H and O–H groups in total. The maximum absolute atomic E-state index is 13.2. The lowest BCUT2D eigenvalue weighted by molar-refractivity contribution is -0.119. The van der Waals surface area contributed by atoms with Gasteiger partial charge in [0.15, 0.2) is 15.0 Å². The highest BCUT2D eigenvalue weighted by molar-refractivity contribution is 7.91. The molecule has 6 nitrogen and oxygen atoms in total. The number of rotatable bonds is 8. The Hall–Kier alpha value is -2.36. The highest BCUT2D eigenvalue weighted by Gasteiger charge is 2.26. The van der Waals surface area contributed by atoms with E-state index < -0.39 is 15.7 Å². The van der Waals surface area contributed by atoms with Gasteiger partial charge in [0.25, 0.3) is 0 Å². The fourth-order valence-electron chi connectivity index (χ4n) is 3.87. The molecule has 2 aromatic carbocycles. The molecule has 2 heterocycles. The molecule has 4 rings (SSSR count). The summed E-state index contributed by atoms with van der Waals surface area (Å²) in [5.41, 5.74) is 3.16. The summed E-state index contributed by atoms with van der Waals surface area (Å²) < 4.78 is 45.0. The van der Waals surface area contributed by atoms with E-state index in [4.69, 9.17) is 9.72 Å². The van der Waals surface area contributed by atoms with Crippen LogP contribution in [0.15, 0.2) is 41.3 Å². The van der Waals surface area contributed by atoms with E-state index in [-0.39, 0.29) is 35.5 Å². The van der Waals surface area contributed by atoms with Crippen LogP contribution >= 0.6 is 11.3 Å². The largest absolute Gasteiger partial charge is 0.376 e. The van der Waals surface area contributed by atoms with Gasteiger partial charge in [0.2, 0.25) is 5.91 Å². The highest BCUT2D eigenvalue weighted by Crippen LogP contribution is 2.32. The van der Waals surface area contributed by atoms with Crippen LogP contribution in [0.3, 0.4) is 0 Å². The van der Waals surface area contributed by atoms with Crippen molar-refractivity contribution in [3.05, 3.63) is 53.3 Å². The van der Waals surface area contributed by atoms with E-state index in [9.17, 15) is 17.6 Å². The van der Waals surface area contributed by atoms with Gasteiger partial charge in [-0.1, -0.05) is 11.3 Å². The van der Waals surface area contributed by atoms with Crippen molar-refractivity contribution in [2.75, 3.05) is 23.8 Å². The van der Waals surface area contributed by atoms with Gasteiger partial charge in [0.1, 0.15) is 5.82 Å². The van der Waals surface area contributed by atoms with Crippen molar-refractivity contribution in [2.45, 2.75) is 50.5 Å². The van der Waals surface area contributed by atoms with Gasteiger partial charge < -0.3 is 4.74 Å². The molecule has 0 saturated carbocycles. The summed E-state index contributed by atoms with van der Waals surface area (Å²) >= 11 is 1.46. The van der Waals surface area contributed by atoms with E-state index in [1.54, 1.807) is 4.90 Å². The topological polar surface area (TPSA) is 76.6 Å². The summed E-state index contributed by atoms with van der Waals surface area (Å²) in [5, 5.41) is 0.608. The van der Waals surface area contributed by atoms with Crippen molar-refractivity contribution < 1.29 is 22.3 Å². The number of fused-ring (bicyclic) bond motifs is 1. The number of sulfone groups is 1. The molecular formula is C24H27FN2O4S2. The lowest BCUT2D eigenvalue weighted by Gasteiger charge is -2.23. The third kappa shape index (κ3) is 5.59. The van der Waals surface area contributed by atoms with E-state index in [1.165, 1.54) is 29.0 Å². The fraction of sp³-hybridized carbons (Fsp3) is 0.417. The normalized spacial score (nSPS) is 16.4. The molecule has 33 heavy (non-hydrogen) atoms. The standard InChI is InChI=1S/C24H27FN2O4S2/c1-16-13-21-22(14-17(16)2)32-24(26-21)27(15-19-5-3-11-31-19)23(28)6-4-12-33(29,30)20-9-7-18(25)8-10-20/h7-10,13-14,19H,3-6,11-12,15H2,1-2H3. The van der Waals surface area contributed by atoms with E-state index >= 15 is 0 Å². The zero-order valence-corrected chi connectivity index (χ0v) is 20.3. The van der Waals surface area contributed by atoms with Gasteiger partial charge in [0, 0.05) is 13.0 Å². The zero-order valence-electron chi connectivity index (χ0n) is 18.7. The summed E-state index contributed by atoms with van der Waals surface area (Å²) in [6, 6.07) is 8.85. The highest BCUT2D eigenvalue weighted by atomic mass is 32.2. The van der Waals surface area contributed by atoms with E-state index in [1.807, 2.05) is 19.9 Å². The molecule has 0 spiro atoms. The minimum atomic E-state index is -3.59. The minimum Gasteiger partial charge on any atom is -0.376 e. The van der Waals surface area contributed by atoms with Gasteiger partial charge >= 0.3 is 0 Å². The summed E-state index contributed by atoms with van der Waals surface area (Å²) in [5.74, 6) is -0.849. The van der Waals surface area contributed by atoms with E-state index in [0.29, 0.717) is 18.3 Å². The lowest BCUT2D eigenvalue weighted by atomic mass is 10.1. The second kappa shape index (κ2) is 9.87. The summed E-state index contributed by atoms with van der Waals surface area (Å²) in [6.45, 7) is 5.16. The molecular weight excluding hydrogens is 463 g/mol. The average molecular weight is 491 g/mol. The Bertz CT molecular complexity index is 1210. The Morgan fingerprint density at radius 3 is 2.64 bits per heavy atom. The van der Waals surface area contributed by atoms with Crippen LogP contribution in [0.25, 0.3) is 10.2 Å². The quantitative estimate of drug-likeness (QED) is 0.423. The number of thiazole rings is 1. The van der Waals surface area contributed by atoms with E-state index in [0.717, 1.165) is 40.8 Å². The number of nitrogens with zero attached hydrogens (tertiary/aromatic N) is 2. The molecule has 1 fully saturated rings. The van der Waals surface area contributed by atoms with Crippen LogP contribution in [-0.4, -0.2) is 44.3 Å². The first-order chi connectivity index (χ1) is 15.7. The maximum atomic E-state index is 13.2. The Labute approximate surface area is 197 Å². The molecule has 3 aromatic rings. The predicted molar refractivity (Wildman–Crippen MR) is 128 cm³/mol. The van der Waals surface area contributed by atoms with Gasteiger partial charge in [-0.3, -0.25) is 9.69 Å². The minimum absolute atomic E-state index is 0.0487. The summed E-state index contributed by atoms with van der Waals surface area (Å²) in [6.07, 6.45) is 2.03. The Morgan fingerprint density at radius 2 is 1.94 bits per heavy atom. The second-order valence-electron chi connectivity index (χ2n) is 8.42. The molecule has 1 aliphatic rings. The molecule has 1 aliphatic heterocycles. The average Bonchev–Trinajstić information content (AvgIpc) is 3.42. The van der Waals surface area contributed by atoms with E-state index in [2.05, 4.69) is 6.07 Å². The molecule has 0 bridgehead atoms. The summed E-state index contributed by atoms with van der Waals surface area (Å²) in [4.78, 5) is 19.6. The number of hydrogen-bond acceptors (Lipinski definition) is 6. The number of halogens is 1. The van der Waals surface area contributed by atoms with Crippen LogP contribution in [0.2, 0.25) is 0 Å². The second-order valence-corrected chi connectivity index (χ2v) is 11.5. The molecule has 1 unspecified atom stereocenters. The van der Waals surface area contributed by atoms with Crippen LogP contribution in [0, 0.1) is 19.7 Å². The number of anilines is 1. The Kier molecular flexibility index (Phi) is 7.11. The van der Waals surface area contributed by atoms with Gasteiger partial charge in [-0.2, -0.15) is 0 Å². The Morgan fingerprint density at radius 1 is 1.21 bits per heavy atom. The number of aromatic nitrogens is 1. The number of carbonyl (C=O) groups excluding carboxylic acids is 1. The third-order valence-corrected chi connectivity index (χ3v) is 8.77. The van der Waals surface area contributed by atoms with Crippen LogP contribution in [0.1, 0.15) is 36.8 Å². The molecule has 1 atom stereocenters. The first-order valence-electron chi connectivity index (χ1n) is 11.0. The number of ether oxygens (including phenoxy) is 1. The molecule has 1 amide bonds. The molecule has 176 valence electrons. The first kappa shape index (κ1) is 23.8. The number of aryl methyl sites for hydroxylation is 2. The van der Waals surface area contributed by atoms with Crippen molar-refractivity contribution in [1.82, 2.24) is 4.98 Å². The van der Waals surface area contributed by atoms with Crippen molar-refractivity contribution in [1.29, 1.82) is 0 Å². The number of benzene rings is 2. The maximum Gasteiger partial charge on any atom is 0.228 e.